The van der Waals surface area contributed by atoms with Gasteiger partial charge in [-0.2, -0.15) is 0 Å². The Labute approximate surface area is 120 Å². The van der Waals surface area contributed by atoms with Gasteiger partial charge in [0.2, 0.25) is 0 Å². The van der Waals surface area contributed by atoms with Crippen molar-refractivity contribution in [1.82, 2.24) is 0 Å². The van der Waals surface area contributed by atoms with Crippen LogP contribution in [0.2, 0.25) is 0 Å². The Morgan fingerprint density at radius 2 is 1.26 bits per heavy atom. The maximum atomic E-state index is 3.26. The highest BCUT2D eigenvalue weighted by Crippen LogP contribution is 2.23. The largest absolute Gasteiger partial charge is 0.388 e. The lowest BCUT2D eigenvalue weighted by Crippen LogP contribution is -1.99. The summed E-state index contributed by atoms with van der Waals surface area (Å²) in [6.45, 7) is 11.0. The van der Waals surface area contributed by atoms with Crippen LogP contribution in [0.15, 0.2) is 12.1 Å². The molecule has 0 spiro atoms. The van der Waals surface area contributed by atoms with Crippen LogP contribution in [0, 0.1) is 6.92 Å². The average molecular weight is 263 g/mol. The van der Waals surface area contributed by atoms with Crippen molar-refractivity contribution < 1.29 is 0 Å². The van der Waals surface area contributed by atoms with Gasteiger partial charge in [0.05, 0.1) is 0 Å². The molecule has 0 aliphatic carbocycles. The number of nitrogens with one attached hydrogen (secondary N) is 1. The third kappa shape index (κ3) is 6.66. The van der Waals surface area contributed by atoms with E-state index < -0.39 is 0 Å². The zero-order valence-corrected chi connectivity index (χ0v) is 13.9. The van der Waals surface area contributed by atoms with E-state index in [1.165, 1.54) is 60.9 Å². The minimum Gasteiger partial charge on any atom is -0.388 e. The Morgan fingerprint density at radius 3 is 1.63 bits per heavy atom. The standard InChI is InChI=1S/C14H23N.C4H10/c1-5-7-12-9-11(3)14(15-4)10-13(12)8-6-2;1-3-4-2/h9-10,15H,5-8H2,1-4H3;3-4H2,1-2H3. The second-order valence-corrected chi connectivity index (χ2v) is 5.19. The summed E-state index contributed by atoms with van der Waals surface area (Å²) in [7, 11) is 2.00. The minimum atomic E-state index is 1.20. The van der Waals surface area contributed by atoms with E-state index in [1.807, 2.05) is 7.05 Å². The van der Waals surface area contributed by atoms with Gasteiger partial charge in [-0.3, -0.25) is 0 Å². The molecule has 1 nitrogen and oxygen atoms in total. The summed E-state index contributed by atoms with van der Waals surface area (Å²) in [6.07, 6.45) is 7.50. The molecule has 0 bridgehead atoms. The van der Waals surface area contributed by atoms with Gasteiger partial charge in [0.1, 0.15) is 0 Å². The molecule has 0 fully saturated rings. The first kappa shape index (κ1) is 18.0. The van der Waals surface area contributed by atoms with Crippen LogP contribution in [-0.4, -0.2) is 7.05 Å². The molecule has 0 aliphatic rings. The molecule has 0 aromatic heterocycles. The molecule has 0 unspecified atom stereocenters. The lowest BCUT2D eigenvalue weighted by molar-refractivity contribution is 0.860. The van der Waals surface area contributed by atoms with Crippen LogP contribution in [0.1, 0.15) is 70.1 Å². The normalized spacial score (nSPS) is 9.79. The van der Waals surface area contributed by atoms with E-state index >= 15 is 0 Å². The van der Waals surface area contributed by atoms with Crippen molar-refractivity contribution in [1.29, 1.82) is 0 Å². The first-order valence-corrected chi connectivity index (χ1v) is 7.94. The molecule has 0 heterocycles. The lowest BCUT2D eigenvalue weighted by Gasteiger charge is -2.13. The van der Waals surface area contributed by atoms with Crippen molar-refractivity contribution in [3.8, 4) is 0 Å². The maximum absolute atomic E-state index is 3.26. The highest BCUT2D eigenvalue weighted by Gasteiger charge is 2.05. The number of hydrogen-bond acceptors (Lipinski definition) is 1. The quantitative estimate of drug-likeness (QED) is 0.689. The van der Waals surface area contributed by atoms with Gasteiger partial charge in [-0.25, -0.2) is 0 Å². The molecule has 0 amide bonds. The molecule has 0 saturated heterocycles. The average Bonchev–Trinajstić information content (AvgIpc) is 2.42. The molecule has 1 aromatic carbocycles. The number of aryl methyl sites for hydroxylation is 3. The summed E-state index contributed by atoms with van der Waals surface area (Å²) in [6, 6.07) is 4.67. The van der Waals surface area contributed by atoms with Gasteiger partial charge >= 0.3 is 0 Å². The maximum Gasteiger partial charge on any atom is 0.0370 e. The molecule has 0 aliphatic heterocycles. The van der Waals surface area contributed by atoms with Gasteiger partial charge in [0.25, 0.3) is 0 Å². The highest BCUT2D eigenvalue weighted by molar-refractivity contribution is 5.55. The smallest absolute Gasteiger partial charge is 0.0370 e. The van der Waals surface area contributed by atoms with E-state index in [0.717, 1.165) is 0 Å². The van der Waals surface area contributed by atoms with E-state index in [1.54, 1.807) is 0 Å². The van der Waals surface area contributed by atoms with Crippen LogP contribution in [0.25, 0.3) is 0 Å². The molecule has 1 rings (SSSR count). The topological polar surface area (TPSA) is 12.0 Å². The fraction of sp³-hybridized carbons (Fsp3) is 0.667. The molecule has 0 radical (unpaired) electrons. The van der Waals surface area contributed by atoms with Crippen molar-refractivity contribution in [2.45, 2.75) is 73.1 Å². The van der Waals surface area contributed by atoms with Crippen LogP contribution < -0.4 is 5.32 Å². The predicted octanol–water partition coefficient (Wildman–Crippen LogP) is 5.75. The summed E-state index contributed by atoms with van der Waals surface area (Å²) in [5.74, 6) is 0. The van der Waals surface area contributed by atoms with E-state index in [-0.39, 0.29) is 0 Å². The van der Waals surface area contributed by atoms with Crippen LogP contribution >= 0.6 is 0 Å². The number of benzene rings is 1. The summed E-state index contributed by atoms with van der Waals surface area (Å²) in [5, 5.41) is 3.26. The monoisotopic (exact) mass is 263 g/mol. The Bertz CT molecular complexity index is 340. The Morgan fingerprint density at radius 1 is 0.789 bits per heavy atom. The molecule has 0 atom stereocenters. The third-order valence-electron chi connectivity index (χ3n) is 3.35. The summed E-state index contributed by atoms with van der Waals surface area (Å²) in [5.41, 5.74) is 5.70. The summed E-state index contributed by atoms with van der Waals surface area (Å²) >= 11 is 0. The first-order chi connectivity index (χ1) is 9.14. The van der Waals surface area contributed by atoms with Crippen LogP contribution in [0.5, 0.6) is 0 Å². The number of hydrogen-bond donors (Lipinski definition) is 1. The first-order valence-electron chi connectivity index (χ1n) is 7.94. The fourth-order valence-corrected chi connectivity index (χ4v) is 2.09. The Hall–Kier alpha value is -0.980. The molecule has 0 saturated carbocycles. The molecule has 110 valence electrons. The lowest BCUT2D eigenvalue weighted by atomic mass is 9.96. The van der Waals surface area contributed by atoms with Crippen molar-refractivity contribution in [3.05, 3.63) is 28.8 Å². The van der Waals surface area contributed by atoms with Gasteiger partial charge in [-0.15, -0.1) is 0 Å². The molecular weight excluding hydrogens is 230 g/mol. The number of rotatable bonds is 6. The van der Waals surface area contributed by atoms with Crippen molar-refractivity contribution in [3.63, 3.8) is 0 Å². The van der Waals surface area contributed by atoms with Gasteiger partial charge in [0, 0.05) is 12.7 Å². The molecule has 1 aromatic rings. The van der Waals surface area contributed by atoms with Crippen LogP contribution in [0.4, 0.5) is 5.69 Å². The molecule has 1 N–H and O–H groups in total. The third-order valence-corrected chi connectivity index (χ3v) is 3.35. The zero-order chi connectivity index (χ0) is 14.7. The van der Waals surface area contributed by atoms with Gasteiger partial charge < -0.3 is 5.32 Å². The Kier molecular flexibility index (Phi) is 10.3. The van der Waals surface area contributed by atoms with E-state index in [0.29, 0.717) is 0 Å². The second-order valence-electron chi connectivity index (χ2n) is 5.19. The van der Waals surface area contributed by atoms with E-state index in [4.69, 9.17) is 0 Å². The fourth-order valence-electron chi connectivity index (χ4n) is 2.09. The van der Waals surface area contributed by atoms with Gasteiger partial charge in [-0.1, -0.05) is 59.4 Å². The second kappa shape index (κ2) is 10.9. The minimum absolute atomic E-state index is 1.20. The summed E-state index contributed by atoms with van der Waals surface area (Å²) < 4.78 is 0. The number of anilines is 1. The van der Waals surface area contributed by atoms with E-state index in [9.17, 15) is 0 Å². The summed E-state index contributed by atoms with van der Waals surface area (Å²) in [4.78, 5) is 0. The highest BCUT2D eigenvalue weighted by atomic mass is 14.8. The van der Waals surface area contributed by atoms with Crippen LogP contribution in [-0.2, 0) is 12.8 Å². The van der Waals surface area contributed by atoms with E-state index in [2.05, 4.69) is 52.1 Å². The van der Waals surface area contributed by atoms with Gasteiger partial charge in [0.15, 0.2) is 0 Å². The zero-order valence-electron chi connectivity index (χ0n) is 13.9. The van der Waals surface area contributed by atoms with Crippen molar-refractivity contribution in [2.75, 3.05) is 12.4 Å². The van der Waals surface area contributed by atoms with Gasteiger partial charge in [-0.05, 0) is 42.5 Å². The molecule has 1 heteroatoms. The molecular formula is C18H33N. The molecule has 19 heavy (non-hydrogen) atoms. The van der Waals surface area contributed by atoms with Crippen molar-refractivity contribution >= 4 is 5.69 Å². The predicted molar refractivity (Wildman–Crippen MR) is 89.3 cm³/mol. The SMILES string of the molecule is CCCC.CCCc1cc(C)c(NC)cc1CCC. The number of unbranched alkanes of at least 4 members (excludes halogenated alkanes) is 1. The Balaban J connectivity index is 0.000000711. The van der Waals surface area contributed by atoms with Crippen molar-refractivity contribution in [2.24, 2.45) is 0 Å². The van der Waals surface area contributed by atoms with Crippen LogP contribution in [0.3, 0.4) is 0 Å².